The standard InChI is InChI=1S/C11H11F4NO4/c1-3-19-11(18)7(4(2)17)20-8-5(12)9(14)16-10(15)6(8)13/h4,7,17H,3H2,1-2H3. The zero-order valence-electron chi connectivity index (χ0n) is 10.5. The van der Waals surface area contributed by atoms with E-state index >= 15 is 0 Å². The summed E-state index contributed by atoms with van der Waals surface area (Å²) in [6.07, 6.45) is -3.38. The van der Waals surface area contributed by atoms with Gasteiger partial charge in [0.1, 0.15) is 0 Å². The lowest BCUT2D eigenvalue weighted by atomic mass is 10.2. The molecule has 1 heterocycles. The van der Waals surface area contributed by atoms with Crippen LogP contribution < -0.4 is 4.74 Å². The Morgan fingerprint density at radius 3 is 2.15 bits per heavy atom. The van der Waals surface area contributed by atoms with Gasteiger partial charge in [0.25, 0.3) is 11.9 Å². The molecule has 2 atom stereocenters. The third-order valence-electron chi connectivity index (χ3n) is 2.16. The highest BCUT2D eigenvalue weighted by Crippen LogP contribution is 2.26. The molecule has 112 valence electrons. The first-order valence-corrected chi connectivity index (χ1v) is 5.50. The van der Waals surface area contributed by atoms with Crippen LogP contribution in [0.2, 0.25) is 0 Å². The van der Waals surface area contributed by atoms with Crippen LogP contribution in [-0.4, -0.2) is 34.9 Å². The third kappa shape index (κ3) is 3.35. The van der Waals surface area contributed by atoms with Gasteiger partial charge in [0.15, 0.2) is 0 Å². The number of halogens is 4. The van der Waals surface area contributed by atoms with Gasteiger partial charge in [0, 0.05) is 0 Å². The Bertz CT molecular complexity index is 483. The Morgan fingerprint density at radius 1 is 1.25 bits per heavy atom. The number of esters is 1. The molecular formula is C11H11F4NO4. The number of ether oxygens (including phenoxy) is 2. The number of nitrogens with zero attached hydrogens (tertiary/aromatic N) is 1. The first-order chi connectivity index (χ1) is 9.29. The predicted octanol–water partition coefficient (Wildman–Crippen LogP) is 1.33. The van der Waals surface area contributed by atoms with Crippen molar-refractivity contribution in [2.24, 2.45) is 0 Å². The lowest BCUT2D eigenvalue weighted by Gasteiger charge is -2.20. The monoisotopic (exact) mass is 297 g/mol. The number of carbonyl (C=O) groups excluding carboxylic acids is 1. The molecule has 1 N–H and O–H groups in total. The molecule has 20 heavy (non-hydrogen) atoms. The molecule has 0 aliphatic rings. The maximum absolute atomic E-state index is 13.3. The van der Waals surface area contributed by atoms with E-state index in [0.29, 0.717) is 0 Å². The zero-order valence-corrected chi connectivity index (χ0v) is 10.5. The fraction of sp³-hybridized carbons (Fsp3) is 0.455. The van der Waals surface area contributed by atoms with E-state index in [2.05, 4.69) is 14.5 Å². The number of hydrogen-bond acceptors (Lipinski definition) is 5. The number of aliphatic hydroxyl groups is 1. The van der Waals surface area contributed by atoms with Gasteiger partial charge in [-0.2, -0.15) is 22.5 Å². The minimum Gasteiger partial charge on any atom is -0.469 e. The molecule has 0 amide bonds. The van der Waals surface area contributed by atoms with Gasteiger partial charge in [-0.3, -0.25) is 0 Å². The number of aliphatic hydroxyl groups excluding tert-OH is 1. The van der Waals surface area contributed by atoms with E-state index in [1.807, 2.05) is 0 Å². The van der Waals surface area contributed by atoms with Gasteiger partial charge >= 0.3 is 5.97 Å². The second kappa shape index (κ2) is 6.51. The van der Waals surface area contributed by atoms with Crippen molar-refractivity contribution in [1.29, 1.82) is 0 Å². The first-order valence-electron chi connectivity index (χ1n) is 5.50. The van der Waals surface area contributed by atoms with Gasteiger partial charge < -0.3 is 14.6 Å². The summed E-state index contributed by atoms with van der Waals surface area (Å²) in [5.41, 5.74) is 0. The zero-order chi connectivity index (χ0) is 15.4. The maximum atomic E-state index is 13.3. The van der Waals surface area contributed by atoms with Crippen LogP contribution in [0.3, 0.4) is 0 Å². The van der Waals surface area contributed by atoms with Crippen molar-refractivity contribution in [3.05, 3.63) is 23.5 Å². The summed E-state index contributed by atoms with van der Waals surface area (Å²) >= 11 is 0. The molecule has 0 bridgehead atoms. The van der Waals surface area contributed by atoms with E-state index in [4.69, 9.17) is 0 Å². The van der Waals surface area contributed by atoms with E-state index < -0.39 is 47.5 Å². The molecule has 0 spiro atoms. The van der Waals surface area contributed by atoms with Crippen LogP contribution in [0.25, 0.3) is 0 Å². The van der Waals surface area contributed by atoms with Crippen LogP contribution in [0.5, 0.6) is 5.75 Å². The van der Waals surface area contributed by atoms with Crippen molar-refractivity contribution in [2.75, 3.05) is 6.61 Å². The van der Waals surface area contributed by atoms with E-state index in [1.165, 1.54) is 6.92 Å². The second-order valence-corrected chi connectivity index (χ2v) is 3.68. The van der Waals surface area contributed by atoms with Crippen molar-refractivity contribution in [3.8, 4) is 5.75 Å². The van der Waals surface area contributed by atoms with Crippen molar-refractivity contribution in [1.82, 2.24) is 4.98 Å². The summed E-state index contributed by atoms with van der Waals surface area (Å²) in [4.78, 5) is 13.8. The van der Waals surface area contributed by atoms with Crippen molar-refractivity contribution in [3.63, 3.8) is 0 Å². The van der Waals surface area contributed by atoms with Crippen molar-refractivity contribution >= 4 is 5.97 Å². The molecular weight excluding hydrogens is 286 g/mol. The van der Waals surface area contributed by atoms with E-state index in [-0.39, 0.29) is 6.61 Å². The SMILES string of the molecule is CCOC(=O)C(Oc1c(F)c(F)nc(F)c1F)C(C)O. The molecule has 0 fully saturated rings. The van der Waals surface area contributed by atoms with Gasteiger partial charge in [-0.25, -0.2) is 4.79 Å². The van der Waals surface area contributed by atoms with Crippen LogP contribution in [0, 0.1) is 23.5 Å². The Labute approximate surface area is 111 Å². The summed E-state index contributed by atoms with van der Waals surface area (Å²) in [7, 11) is 0. The molecule has 0 aliphatic heterocycles. The van der Waals surface area contributed by atoms with E-state index in [0.717, 1.165) is 6.92 Å². The maximum Gasteiger partial charge on any atom is 0.350 e. The molecule has 2 unspecified atom stereocenters. The highest BCUT2D eigenvalue weighted by atomic mass is 19.2. The number of hydrogen-bond donors (Lipinski definition) is 1. The number of carbonyl (C=O) groups is 1. The quantitative estimate of drug-likeness (QED) is 0.504. The fourth-order valence-electron chi connectivity index (χ4n) is 1.27. The number of pyridine rings is 1. The summed E-state index contributed by atoms with van der Waals surface area (Å²) < 4.78 is 61.4. The Hall–Kier alpha value is -1.90. The molecule has 1 aromatic heterocycles. The van der Waals surface area contributed by atoms with Crippen molar-refractivity contribution in [2.45, 2.75) is 26.1 Å². The molecule has 1 rings (SSSR count). The summed E-state index contributed by atoms with van der Waals surface area (Å²) in [6.45, 7) is 2.44. The normalized spacial score (nSPS) is 13.8. The Morgan fingerprint density at radius 2 is 1.75 bits per heavy atom. The minimum atomic E-state index is -1.94. The fourth-order valence-corrected chi connectivity index (χ4v) is 1.27. The van der Waals surface area contributed by atoms with Crippen LogP contribution in [0.4, 0.5) is 17.6 Å². The first kappa shape index (κ1) is 16.2. The second-order valence-electron chi connectivity index (χ2n) is 3.68. The van der Waals surface area contributed by atoms with Gasteiger partial charge in [-0.1, -0.05) is 0 Å². The smallest absolute Gasteiger partial charge is 0.350 e. The molecule has 0 saturated heterocycles. The van der Waals surface area contributed by atoms with Crippen molar-refractivity contribution < 1.29 is 36.9 Å². The Kier molecular flexibility index (Phi) is 5.26. The van der Waals surface area contributed by atoms with Gasteiger partial charge in [0.05, 0.1) is 12.7 Å². The molecule has 5 nitrogen and oxygen atoms in total. The van der Waals surface area contributed by atoms with E-state index in [9.17, 15) is 27.5 Å². The lowest BCUT2D eigenvalue weighted by molar-refractivity contribution is -0.156. The predicted molar refractivity (Wildman–Crippen MR) is 56.8 cm³/mol. The highest BCUT2D eigenvalue weighted by molar-refractivity contribution is 5.75. The largest absolute Gasteiger partial charge is 0.469 e. The summed E-state index contributed by atoms with van der Waals surface area (Å²) in [5, 5.41) is 9.32. The van der Waals surface area contributed by atoms with Gasteiger partial charge in [-0.05, 0) is 13.8 Å². The summed E-state index contributed by atoms with van der Waals surface area (Å²) in [6, 6.07) is 0. The highest BCUT2D eigenvalue weighted by Gasteiger charge is 2.32. The van der Waals surface area contributed by atoms with Gasteiger partial charge in [-0.15, -0.1) is 0 Å². The van der Waals surface area contributed by atoms with Crippen LogP contribution in [-0.2, 0) is 9.53 Å². The molecule has 0 saturated carbocycles. The van der Waals surface area contributed by atoms with Crippen LogP contribution in [0.15, 0.2) is 0 Å². The molecule has 1 aromatic rings. The molecule has 0 aliphatic carbocycles. The molecule has 0 aromatic carbocycles. The minimum absolute atomic E-state index is 0.0879. The van der Waals surface area contributed by atoms with Crippen LogP contribution >= 0.6 is 0 Å². The number of aromatic nitrogens is 1. The molecule has 0 radical (unpaired) electrons. The van der Waals surface area contributed by atoms with E-state index in [1.54, 1.807) is 0 Å². The number of rotatable bonds is 5. The Balaban J connectivity index is 3.15. The van der Waals surface area contributed by atoms with Crippen LogP contribution in [0.1, 0.15) is 13.8 Å². The third-order valence-corrected chi connectivity index (χ3v) is 2.16. The lowest BCUT2D eigenvalue weighted by Crippen LogP contribution is -2.39. The average molecular weight is 297 g/mol. The summed E-state index contributed by atoms with van der Waals surface area (Å²) in [5.74, 6) is -10.3. The average Bonchev–Trinajstić information content (AvgIpc) is 2.36. The topological polar surface area (TPSA) is 68.7 Å². The van der Waals surface area contributed by atoms with Gasteiger partial charge in [0.2, 0.25) is 23.5 Å². The molecule has 9 heteroatoms.